The summed E-state index contributed by atoms with van der Waals surface area (Å²) in [5, 5.41) is 3.31. The number of hydrogen-bond acceptors (Lipinski definition) is 2. The van der Waals surface area contributed by atoms with Gasteiger partial charge in [0, 0.05) is 18.1 Å². The molecule has 3 fully saturated rings. The predicted molar refractivity (Wildman–Crippen MR) is 42.4 cm³/mol. The van der Waals surface area contributed by atoms with Crippen molar-refractivity contribution in [3.63, 3.8) is 0 Å². The fourth-order valence-corrected chi connectivity index (χ4v) is 1.56. The summed E-state index contributed by atoms with van der Waals surface area (Å²) in [5.41, 5.74) is 6.01. The summed E-state index contributed by atoms with van der Waals surface area (Å²) in [4.78, 5) is 0. The van der Waals surface area contributed by atoms with Crippen LogP contribution in [0.15, 0.2) is 0 Å². The zero-order valence-corrected chi connectivity index (χ0v) is 6.73. The minimum absolute atomic E-state index is 0. The first kappa shape index (κ1) is 9.50. The quantitative estimate of drug-likeness (QED) is 0.549. The van der Waals surface area contributed by atoms with Crippen LogP contribution < -0.4 is 11.1 Å². The molecular formula is C5H12Cl2N2. The maximum atomic E-state index is 5.78. The van der Waals surface area contributed by atoms with Gasteiger partial charge in [0.25, 0.3) is 0 Å². The van der Waals surface area contributed by atoms with Gasteiger partial charge in [0.15, 0.2) is 0 Å². The fourth-order valence-electron chi connectivity index (χ4n) is 1.56. The van der Waals surface area contributed by atoms with Gasteiger partial charge in [-0.2, -0.15) is 0 Å². The van der Waals surface area contributed by atoms with Gasteiger partial charge in [0.2, 0.25) is 0 Å². The van der Waals surface area contributed by atoms with Gasteiger partial charge in [-0.3, -0.25) is 0 Å². The second-order valence-electron chi connectivity index (χ2n) is 2.85. The van der Waals surface area contributed by atoms with Gasteiger partial charge in [0.05, 0.1) is 0 Å². The van der Waals surface area contributed by atoms with E-state index in [4.69, 9.17) is 5.73 Å². The van der Waals surface area contributed by atoms with Gasteiger partial charge >= 0.3 is 0 Å². The lowest BCUT2D eigenvalue weighted by molar-refractivity contribution is 0.308. The molecule has 2 bridgehead atoms. The van der Waals surface area contributed by atoms with E-state index in [2.05, 4.69) is 5.32 Å². The Hall–Kier alpha value is 0.500. The van der Waals surface area contributed by atoms with Gasteiger partial charge < -0.3 is 11.1 Å². The molecule has 3 rings (SSSR count). The number of rotatable bonds is 0. The van der Waals surface area contributed by atoms with E-state index in [9.17, 15) is 0 Å². The van der Waals surface area contributed by atoms with Gasteiger partial charge in [-0.25, -0.2) is 0 Å². The molecule has 1 aliphatic carbocycles. The Kier molecular flexibility index (Phi) is 2.77. The van der Waals surface area contributed by atoms with Crippen molar-refractivity contribution in [2.45, 2.75) is 24.4 Å². The van der Waals surface area contributed by atoms with Crippen molar-refractivity contribution >= 4 is 24.8 Å². The van der Waals surface area contributed by atoms with Crippen LogP contribution in [0.3, 0.4) is 0 Å². The van der Waals surface area contributed by atoms with Crippen LogP contribution in [-0.4, -0.2) is 18.1 Å². The number of nitrogens with one attached hydrogen (secondary N) is 1. The summed E-state index contributed by atoms with van der Waals surface area (Å²) in [6.45, 7) is 1.05. The molecule has 2 aliphatic heterocycles. The molecule has 0 aromatic carbocycles. The lowest BCUT2D eigenvalue weighted by atomic mass is 9.79. The Morgan fingerprint density at radius 1 is 1.33 bits per heavy atom. The first-order chi connectivity index (χ1) is 3.29. The Labute approximate surface area is 67.4 Å². The topological polar surface area (TPSA) is 38.0 Å². The average Bonchev–Trinajstić information content (AvgIpc) is 1.88. The average molecular weight is 171 g/mol. The van der Waals surface area contributed by atoms with Crippen LogP contribution in [0.2, 0.25) is 0 Å². The van der Waals surface area contributed by atoms with Crippen LogP contribution in [0.1, 0.15) is 12.8 Å². The summed E-state index contributed by atoms with van der Waals surface area (Å²) in [7, 11) is 0. The highest BCUT2D eigenvalue weighted by atomic mass is 35.5. The maximum Gasteiger partial charge on any atom is 0.0310 e. The molecule has 0 radical (unpaired) electrons. The minimum Gasteiger partial charge on any atom is -0.324 e. The molecule has 2 saturated heterocycles. The molecule has 2 heterocycles. The molecule has 0 atom stereocenters. The van der Waals surface area contributed by atoms with E-state index >= 15 is 0 Å². The molecular weight excluding hydrogens is 159 g/mol. The van der Waals surface area contributed by atoms with Crippen molar-refractivity contribution in [1.29, 1.82) is 0 Å². The number of halogens is 2. The molecule has 3 aliphatic rings. The summed E-state index contributed by atoms with van der Waals surface area (Å²) in [5.74, 6) is 0. The van der Waals surface area contributed by atoms with E-state index in [1.54, 1.807) is 0 Å². The van der Waals surface area contributed by atoms with E-state index in [0.29, 0.717) is 0 Å². The second kappa shape index (κ2) is 2.62. The fraction of sp³-hybridized carbons (Fsp3) is 1.00. The van der Waals surface area contributed by atoms with Crippen molar-refractivity contribution in [2.75, 3.05) is 6.54 Å². The second-order valence-corrected chi connectivity index (χ2v) is 2.85. The van der Waals surface area contributed by atoms with Crippen molar-refractivity contribution in [3.05, 3.63) is 0 Å². The highest BCUT2D eigenvalue weighted by Gasteiger charge is 2.46. The van der Waals surface area contributed by atoms with Gasteiger partial charge in [0.1, 0.15) is 0 Å². The van der Waals surface area contributed by atoms with Crippen LogP contribution >= 0.6 is 24.8 Å². The van der Waals surface area contributed by atoms with Crippen LogP contribution in [0.4, 0.5) is 0 Å². The molecule has 9 heavy (non-hydrogen) atoms. The van der Waals surface area contributed by atoms with E-state index in [0.717, 1.165) is 12.6 Å². The van der Waals surface area contributed by atoms with Crippen LogP contribution in [0.5, 0.6) is 0 Å². The van der Waals surface area contributed by atoms with Crippen molar-refractivity contribution in [2.24, 2.45) is 5.73 Å². The summed E-state index contributed by atoms with van der Waals surface area (Å²) in [6, 6.07) is 0.782. The van der Waals surface area contributed by atoms with Gasteiger partial charge in [-0.15, -0.1) is 24.8 Å². The summed E-state index contributed by atoms with van der Waals surface area (Å²) in [6.07, 6.45) is 2.43. The first-order valence-corrected chi connectivity index (χ1v) is 2.81. The summed E-state index contributed by atoms with van der Waals surface area (Å²) >= 11 is 0. The van der Waals surface area contributed by atoms with Crippen molar-refractivity contribution in [1.82, 2.24) is 5.32 Å². The molecule has 0 unspecified atom stereocenters. The zero-order valence-electron chi connectivity index (χ0n) is 5.09. The Morgan fingerprint density at radius 3 is 2.00 bits per heavy atom. The van der Waals surface area contributed by atoms with Gasteiger partial charge in [-0.1, -0.05) is 0 Å². The highest BCUT2D eigenvalue weighted by molar-refractivity contribution is 5.85. The van der Waals surface area contributed by atoms with E-state index in [1.165, 1.54) is 12.8 Å². The molecule has 1 saturated carbocycles. The maximum absolute atomic E-state index is 5.78. The van der Waals surface area contributed by atoms with Crippen LogP contribution in [-0.2, 0) is 0 Å². The summed E-state index contributed by atoms with van der Waals surface area (Å²) < 4.78 is 0. The highest BCUT2D eigenvalue weighted by Crippen LogP contribution is 2.34. The van der Waals surface area contributed by atoms with Crippen molar-refractivity contribution < 1.29 is 0 Å². The van der Waals surface area contributed by atoms with Crippen LogP contribution in [0.25, 0.3) is 0 Å². The molecule has 0 aromatic rings. The zero-order chi connectivity index (χ0) is 4.91. The molecule has 0 spiro atoms. The Balaban J connectivity index is 0.000000320. The largest absolute Gasteiger partial charge is 0.324 e. The Morgan fingerprint density at radius 2 is 1.89 bits per heavy atom. The van der Waals surface area contributed by atoms with E-state index in [-0.39, 0.29) is 30.4 Å². The predicted octanol–water partition coefficient (Wildman–Crippen LogP) is 0.293. The van der Waals surface area contributed by atoms with Crippen molar-refractivity contribution in [3.8, 4) is 0 Å². The number of hydrogen-bond donors (Lipinski definition) is 2. The minimum atomic E-state index is 0. The third-order valence-corrected chi connectivity index (χ3v) is 2.05. The third-order valence-electron chi connectivity index (χ3n) is 2.05. The van der Waals surface area contributed by atoms with E-state index < -0.39 is 0 Å². The lowest BCUT2D eigenvalue weighted by Crippen LogP contribution is -2.48. The molecule has 3 N–H and O–H groups in total. The number of fused-ring (bicyclic) bond motifs is 1. The molecule has 56 valence electrons. The molecule has 0 aromatic heterocycles. The standard InChI is InChI=1S/C5H10N2.2ClH/c6-5-1-4(2-5)7-3-5;;/h4,7H,1-3,6H2;2*1H. The molecule has 0 amide bonds. The molecule has 2 nitrogen and oxygen atoms in total. The SMILES string of the molecule is Cl.Cl.NC12CNC(C1)C2. The van der Waals surface area contributed by atoms with Crippen LogP contribution in [0, 0.1) is 0 Å². The van der Waals surface area contributed by atoms with Gasteiger partial charge in [-0.05, 0) is 12.8 Å². The normalized spacial score (nSPS) is 44.3. The lowest BCUT2D eigenvalue weighted by Gasteiger charge is -2.32. The smallest absolute Gasteiger partial charge is 0.0310 e. The monoisotopic (exact) mass is 170 g/mol. The van der Waals surface area contributed by atoms with E-state index in [1.807, 2.05) is 0 Å². The molecule has 4 heteroatoms. The number of nitrogens with two attached hydrogens (primary N) is 1. The Bertz CT molecular complexity index is 95.6. The third kappa shape index (κ3) is 1.32. The first-order valence-electron chi connectivity index (χ1n) is 2.81.